The first-order chi connectivity index (χ1) is 6.21. The Hall–Kier alpha value is -0.260. The average Bonchev–Trinajstić information content (AvgIpc) is 2.01. The second kappa shape index (κ2) is 3.72. The first kappa shape index (κ1) is 11.8. The molecule has 0 aromatic carbocycles. The Bertz CT molecular complexity index is 219. The molecule has 14 heavy (non-hydrogen) atoms. The molecule has 1 atom stereocenters. The van der Waals surface area contributed by atoms with E-state index < -0.39 is 0 Å². The number of hydrogen-bond donors (Lipinski definition) is 0. The molecule has 1 unspecified atom stereocenters. The highest BCUT2D eigenvalue weighted by Crippen LogP contribution is 2.41. The van der Waals surface area contributed by atoms with Gasteiger partial charge >= 0.3 is 0 Å². The molecule has 0 heteroatoms. The molecule has 0 radical (unpaired) electrons. The summed E-state index contributed by atoms with van der Waals surface area (Å²) >= 11 is 0. The lowest BCUT2D eigenvalue weighted by atomic mass is 9.69. The van der Waals surface area contributed by atoms with Crippen molar-refractivity contribution in [3.05, 3.63) is 11.6 Å². The van der Waals surface area contributed by atoms with Crippen molar-refractivity contribution in [1.29, 1.82) is 0 Å². The Labute approximate surface area is 89.8 Å². The summed E-state index contributed by atoms with van der Waals surface area (Å²) < 4.78 is 0. The lowest BCUT2D eigenvalue weighted by molar-refractivity contribution is 0.214. The molecular formula is C14H26. The van der Waals surface area contributed by atoms with E-state index in [9.17, 15) is 0 Å². The van der Waals surface area contributed by atoms with Crippen LogP contribution in [-0.4, -0.2) is 0 Å². The zero-order valence-corrected chi connectivity index (χ0v) is 10.8. The lowest BCUT2D eigenvalue weighted by Gasteiger charge is -2.36. The van der Waals surface area contributed by atoms with Crippen molar-refractivity contribution in [3.8, 4) is 0 Å². The van der Waals surface area contributed by atoms with Crippen LogP contribution in [0.3, 0.4) is 0 Å². The third-order valence-electron chi connectivity index (χ3n) is 3.60. The third-order valence-corrected chi connectivity index (χ3v) is 3.60. The molecule has 0 aromatic rings. The molecule has 0 spiro atoms. The number of rotatable bonds is 0. The van der Waals surface area contributed by atoms with Crippen LogP contribution in [0.4, 0.5) is 0 Å². The van der Waals surface area contributed by atoms with E-state index in [-0.39, 0.29) is 0 Å². The molecule has 0 heterocycles. The van der Waals surface area contributed by atoms with Crippen molar-refractivity contribution in [2.75, 3.05) is 0 Å². The standard InChI is InChI=1S/C14H26/c1-13(2,3)11-7-9-12(10-8-11)14(4,5)6/h7,12H,8-10H2,1-6H3. The number of allylic oxidation sites excluding steroid dienone is 2. The molecule has 1 aliphatic carbocycles. The van der Waals surface area contributed by atoms with Gasteiger partial charge in [-0.2, -0.15) is 0 Å². The van der Waals surface area contributed by atoms with E-state index in [0.717, 1.165) is 5.92 Å². The van der Waals surface area contributed by atoms with Crippen molar-refractivity contribution in [2.24, 2.45) is 16.7 Å². The summed E-state index contributed by atoms with van der Waals surface area (Å²) in [6, 6.07) is 0. The predicted octanol–water partition coefficient (Wildman–Crippen LogP) is 4.81. The van der Waals surface area contributed by atoms with Gasteiger partial charge in [0.05, 0.1) is 0 Å². The van der Waals surface area contributed by atoms with Crippen molar-refractivity contribution in [2.45, 2.75) is 60.8 Å². The van der Waals surface area contributed by atoms with Crippen LogP contribution >= 0.6 is 0 Å². The molecular weight excluding hydrogens is 168 g/mol. The second-order valence-electron chi connectivity index (χ2n) is 6.82. The van der Waals surface area contributed by atoms with Gasteiger partial charge in [-0.25, -0.2) is 0 Å². The highest BCUT2D eigenvalue weighted by Gasteiger charge is 2.28. The topological polar surface area (TPSA) is 0 Å². The summed E-state index contributed by atoms with van der Waals surface area (Å²) in [4.78, 5) is 0. The van der Waals surface area contributed by atoms with E-state index in [4.69, 9.17) is 0 Å². The second-order valence-corrected chi connectivity index (χ2v) is 6.82. The fourth-order valence-electron chi connectivity index (χ4n) is 2.30. The van der Waals surface area contributed by atoms with Gasteiger partial charge in [0.15, 0.2) is 0 Å². The van der Waals surface area contributed by atoms with E-state index in [1.165, 1.54) is 19.3 Å². The average molecular weight is 194 g/mol. The normalized spacial score (nSPS) is 24.7. The maximum absolute atomic E-state index is 2.50. The highest BCUT2D eigenvalue weighted by atomic mass is 14.3. The van der Waals surface area contributed by atoms with Crippen LogP contribution in [0.25, 0.3) is 0 Å². The molecule has 0 nitrogen and oxygen atoms in total. The Morgan fingerprint density at radius 2 is 1.64 bits per heavy atom. The van der Waals surface area contributed by atoms with Crippen molar-refractivity contribution >= 4 is 0 Å². The van der Waals surface area contributed by atoms with Gasteiger partial charge in [-0.1, -0.05) is 53.2 Å². The van der Waals surface area contributed by atoms with Crippen LogP contribution in [0, 0.1) is 16.7 Å². The van der Waals surface area contributed by atoms with Gasteiger partial charge in [-0.15, -0.1) is 0 Å². The zero-order chi connectivity index (χ0) is 11.0. The van der Waals surface area contributed by atoms with Crippen LogP contribution in [0.5, 0.6) is 0 Å². The van der Waals surface area contributed by atoms with Crippen molar-refractivity contribution in [3.63, 3.8) is 0 Å². The van der Waals surface area contributed by atoms with Crippen LogP contribution in [0.2, 0.25) is 0 Å². The SMILES string of the molecule is CC(C)(C)C1=CCC(C(C)(C)C)CC1. The molecule has 0 fully saturated rings. The fourth-order valence-corrected chi connectivity index (χ4v) is 2.30. The molecule has 1 rings (SSSR count). The molecule has 82 valence electrons. The van der Waals surface area contributed by atoms with E-state index in [1.807, 2.05) is 0 Å². The monoisotopic (exact) mass is 194 g/mol. The zero-order valence-electron chi connectivity index (χ0n) is 10.8. The molecule has 0 amide bonds. The first-order valence-electron chi connectivity index (χ1n) is 5.91. The van der Waals surface area contributed by atoms with Gasteiger partial charge in [0, 0.05) is 0 Å². The summed E-state index contributed by atoms with van der Waals surface area (Å²) in [5.74, 6) is 0.883. The van der Waals surface area contributed by atoms with Crippen molar-refractivity contribution in [1.82, 2.24) is 0 Å². The van der Waals surface area contributed by atoms with Gasteiger partial charge in [0.25, 0.3) is 0 Å². The minimum atomic E-state index is 0.392. The summed E-state index contributed by atoms with van der Waals surface area (Å²) in [5, 5.41) is 0. The Morgan fingerprint density at radius 1 is 1.07 bits per heavy atom. The molecule has 0 aliphatic heterocycles. The van der Waals surface area contributed by atoms with Gasteiger partial charge in [0.2, 0.25) is 0 Å². The molecule has 0 N–H and O–H groups in total. The molecule has 0 saturated heterocycles. The third kappa shape index (κ3) is 2.87. The van der Waals surface area contributed by atoms with E-state index in [2.05, 4.69) is 47.6 Å². The lowest BCUT2D eigenvalue weighted by Crippen LogP contribution is -2.24. The van der Waals surface area contributed by atoms with Gasteiger partial charge in [-0.3, -0.25) is 0 Å². The van der Waals surface area contributed by atoms with Crippen LogP contribution < -0.4 is 0 Å². The molecule has 0 bridgehead atoms. The summed E-state index contributed by atoms with van der Waals surface area (Å²) in [6.07, 6.45) is 6.48. The Balaban J connectivity index is 2.65. The minimum Gasteiger partial charge on any atom is -0.0845 e. The molecule has 0 aromatic heterocycles. The summed E-state index contributed by atoms with van der Waals surface area (Å²) in [6.45, 7) is 14.1. The summed E-state index contributed by atoms with van der Waals surface area (Å²) in [5.41, 5.74) is 2.54. The first-order valence-corrected chi connectivity index (χ1v) is 5.91. The smallest absolute Gasteiger partial charge is 0.0173 e. The fraction of sp³-hybridized carbons (Fsp3) is 0.857. The summed E-state index contributed by atoms with van der Waals surface area (Å²) in [7, 11) is 0. The van der Waals surface area contributed by atoms with E-state index >= 15 is 0 Å². The van der Waals surface area contributed by atoms with Gasteiger partial charge in [0.1, 0.15) is 0 Å². The minimum absolute atomic E-state index is 0.392. The van der Waals surface area contributed by atoms with E-state index in [0.29, 0.717) is 10.8 Å². The van der Waals surface area contributed by atoms with Gasteiger partial charge < -0.3 is 0 Å². The van der Waals surface area contributed by atoms with Crippen LogP contribution in [-0.2, 0) is 0 Å². The van der Waals surface area contributed by atoms with Crippen LogP contribution in [0.1, 0.15) is 60.8 Å². The Morgan fingerprint density at radius 3 is 1.93 bits per heavy atom. The number of hydrogen-bond acceptors (Lipinski definition) is 0. The Kier molecular flexibility index (Phi) is 3.13. The maximum Gasteiger partial charge on any atom is -0.0173 e. The molecule has 0 saturated carbocycles. The highest BCUT2D eigenvalue weighted by molar-refractivity contribution is 5.14. The predicted molar refractivity (Wildman–Crippen MR) is 64.3 cm³/mol. The van der Waals surface area contributed by atoms with E-state index in [1.54, 1.807) is 5.57 Å². The molecule has 1 aliphatic rings. The largest absolute Gasteiger partial charge is 0.0845 e. The maximum atomic E-state index is 2.50. The van der Waals surface area contributed by atoms with Gasteiger partial charge in [-0.05, 0) is 36.0 Å². The van der Waals surface area contributed by atoms with Crippen molar-refractivity contribution < 1.29 is 0 Å². The quantitative estimate of drug-likeness (QED) is 0.486. The van der Waals surface area contributed by atoms with Crippen LogP contribution in [0.15, 0.2) is 11.6 Å².